The van der Waals surface area contributed by atoms with Crippen molar-refractivity contribution in [2.24, 2.45) is 0 Å². The number of pyridine rings is 1. The van der Waals surface area contributed by atoms with Crippen molar-refractivity contribution in [2.75, 3.05) is 109 Å². The molecule has 3 aromatic rings. The number of aromatic nitrogens is 1. The summed E-state index contributed by atoms with van der Waals surface area (Å²) in [4.78, 5) is 17.3. The third-order valence-electron chi connectivity index (χ3n) is 7.55. The second-order valence-electron chi connectivity index (χ2n) is 10.6. The van der Waals surface area contributed by atoms with Crippen LogP contribution < -0.4 is 15.1 Å². The van der Waals surface area contributed by atoms with E-state index in [1.807, 2.05) is 0 Å². The number of para-hydroxylation sites is 1. The smallest absolute Gasteiger partial charge is 0.0731 e. The van der Waals surface area contributed by atoms with E-state index in [1.165, 1.54) is 22.3 Å². The highest BCUT2D eigenvalue weighted by Crippen LogP contribution is 2.36. The molecule has 1 N–H and O–H groups in total. The zero-order chi connectivity index (χ0) is 25.1. The predicted molar refractivity (Wildman–Crippen MR) is 205 cm³/mol. The number of nitrogens with one attached hydrogen (secondary N) is 1. The van der Waals surface area contributed by atoms with Gasteiger partial charge in [0.1, 0.15) is 0 Å². The van der Waals surface area contributed by atoms with Crippen LogP contribution in [-0.2, 0) is 0 Å². The lowest BCUT2D eigenvalue weighted by molar-refractivity contribution is 0.309. The van der Waals surface area contributed by atoms with Gasteiger partial charge in [-0.25, -0.2) is 4.98 Å². The Morgan fingerprint density at radius 1 is 0.707 bits per heavy atom. The van der Waals surface area contributed by atoms with Crippen molar-refractivity contribution < 1.29 is 0 Å². The normalized spacial score (nSPS) is 15.6. The molecule has 0 aliphatic carbocycles. The maximum atomic E-state index is 5.10. The molecule has 1 aromatic heterocycles. The molecule has 41 heavy (non-hydrogen) atoms. The van der Waals surface area contributed by atoms with Gasteiger partial charge in [-0.3, -0.25) is 0 Å². The summed E-state index contributed by atoms with van der Waals surface area (Å²) in [7, 11) is 8.66. The zero-order valence-corrected chi connectivity index (χ0v) is 33.0. The first-order valence-electron chi connectivity index (χ1n) is 13.3. The van der Waals surface area contributed by atoms with Gasteiger partial charge in [0.2, 0.25) is 0 Å². The van der Waals surface area contributed by atoms with Crippen LogP contribution in [0.2, 0.25) is 0 Å². The minimum absolute atomic E-state index is 0. The van der Waals surface area contributed by atoms with Gasteiger partial charge in [0, 0.05) is 82.1 Å². The molecule has 2 aliphatic rings. The molecule has 2 aromatic carbocycles. The Labute approximate surface area is 298 Å². The molecule has 0 bridgehead atoms. The van der Waals surface area contributed by atoms with E-state index in [1.54, 1.807) is 0 Å². The maximum absolute atomic E-state index is 5.10. The van der Waals surface area contributed by atoms with Crippen molar-refractivity contribution in [1.29, 1.82) is 0 Å². The van der Waals surface area contributed by atoms with Crippen molar-refractivity contribution in [2.45, 2.75) is 0 Å². The molecular weight excluding hydrogens is 846 g/mol. The van der Waals surface area contributed by atoms with Crippen molar-refractivity contribution in [3.05, 3.63) is 48.5 Å². The van der Waals surface area contributed by atoms with Crippen LogP contribution in [0.15, 0.2) is 48.5 Å². The lowest BCUT2D eigenvalue weighted by Crippen LogP contribution is -2.47. The van der Waals surface area contributed by atoms with E-state index >= 15 is 0 Å². The van der Waals surface area contributed by atoms with E-state index in [-0.39, 0.29) is 84.9 Å². The van der Waals surface area contributed by atoms with Crippen molar-refractivity contribution in [3.8, 4) is 11.3 Å². The van der Waals surface area contributed by atoms with Crippen LogP contribution >= 0.6 is 84.9 Å². The first-order chi connectivity index (χ1) is 17.5. The van der Waals surface area contributed by atoms with Gasteiger partial charge in [0.15, 0.2) is 0 Å². The van der Waals surface area contributed by atoms with Crippen molar-refractivity contribution in [3.63, 3.8) is 0 Å². The van der Waals surface area contributed by atoms with Crippen molar-refractivity contribution >= 4 is 113 Å². The minimum atomic E-state index is 0. The number of fused-ring (bicyclic) bond motifs is 1. The molecule has 2 fully saturated rings. The van der Waals surface area contributed by atoms with Crippen LogP contribution in [0.1, 0.15) is 0 Å². The Hall–Kier alpha value is -0.470. The maximum Gasteiger partial charge on any atom is 0.0731 e. The van der Waals surface area contributed by atoms with Crippen LogP contribution in [0.5, 0.6) is 0 Å². The Kier molecular flexibility index (Phi) is 18.8. The molecule has 3 heterocycles. The predicted octanol–water partition coefficient (Wildman–Crippen LogP) is 6.27. The van der Waals surface area contributed by atoms with Gasteiger partial charge in [0.05, 0.1) is 22.6 Å². The fourth-order valence-electron chi connectivity index (χ4n) is 5.18. The van der Waals surface area contributed by atoms with E-state index in [0.29, 0.717) is 0 Å². The third-order valence-corrected chi connectivity index (χ3v) is 7.55. The number of likely N-dealkylation sites (N-methyl/N-ethyl adjacent to an activating group) is 3. The first-order valence-corrected chi connectivity index (χ1v) is 13.3. The molecule has 7 nitrogen and oxygen atoms in total. The van der Waals surface area contributed by atoms with E-state index in [9.17, 15) is 0 Å². The summed E-state index contributed by atoms with van der Waals surface area (Å²) in [5.74, 6) is 0. The fourth-order valence-corrected chi connectivity index (χ4v) is 5.18. The van der Waals surface area contributed by atoms with Crippen LogP contribution in [0, 0.1) is 0 Å². The molecule has 0 saturated carbocycles. The summed E-state index contributed by atoms with van der Waals surface area (Å²) in [5, 5.41) is 4.84. The number of piperazine rings is 2. The number of rotatable bonds is 7. The van der Waals surface area contributed by atoms with Gasteiger partial charge in [0.25, 0.3) is 0 Å². The van der Waals surface area contributed by atoms with Gasteiger partial charge in [-0.1, -0.05) is 24.3 Å². The number of hydrogen-bond donors (Lipinski definition) is 1. The monoisotopic (exact) mass is 887 g/mol. The number of benzene rings is 2. The molecule has 2 aliphatic heterocycles. The number of nitrogens with zero attached hydrogens (tertiary/aromatic N) is 6. The van der Waals surface area contributed by atoms with E-state index in [2.05, 4.69) is 107 Å². The summed E-state index contributed by atoms with van der Waals surface area (Å²) in [6, 6.07) is 17.7. The van der Waals surface area contributed by atoms with Crippen LogP contribution in [0.25, 0.3) is 22.2 Å². The Morgan fingerprint density at radius 2 is 1.27 bits per heavy atom. The summed E-state index contributed by atoms with van der Waals surface area (Å²) in [6.07, 6.45) is 0. The van der Waals surface area contributed by atoms with E-state index < -0.39 is 0 Å². The number of halogens is 5. The standard InChI is InChI=1S/C29H41N7.5BrH/c1-32(2)12-11-30-27-22-26(31-25-8-6-5-7-24(25)27)23-9-10-28(35-17-13-33(3)14-18-35)29(21-23)36-19-15-34(4)16-20-36;;;;;/h5-10,21-22H,11-20H2,1-4H3,(H,30,31);5*1H. The number of hydrogen-bond acceptors (Lipinski definition) is 7. The average Bonchev–Trinajstić information content (AvgIpc) is 2.89. The van der Waals surface area contributed by atoms with Gasteiger partial charge in [-0.15, -0.1) is 84.9 Å². The van der Waals surface area contributed by atoms with Gasteiger partial charge < -0.3 is 29.8 Å². The number of anilines is 3. The highest BCUT2D eigenvalue weighted by molar-refractivity contribution is 8.93. The van der Waals surface area contributed by atoms with Gasteiger partial charge in [-0.05, 0) is 52.5 Å². The molecule has 2 saturated heterocycles. The molecule has 0 atom stereocenters. The fraction of sp³-hybridized carbons (Fsp3) is 0.483. The summed E-state index contributed by atoms with van der Waals surface area (Å²) in [5.41, 5.74) is 7.11. The molecule has 12 heteroatoms. The molecule has 0 radical (unpaired) electrons. The molecule has 0 unspecified atom stereocenters. The second-order valence-corrected chi connectivity index (χ2v) is 10.6. The van der Waals surface area contributed by atoms with Crippen LogP contribution in [0.3, 0.4) is 0 Å². The highest BCUT2D eigenvalue weighted by atomic mass is 79.9. The molecule has 232 valence electrons. The molecule has 0 spiro atoms. The minimum Gasteiger partial charge on any atom is -0.383 e. The Bertz CT molecular complexity index is 1180. The zero-order valence-electron chi connectivity index (χ0n) is 24.4. The SMILES string of the molecule is Br.Br.Br.Br.Br.CN(C)CCNc1cc(-c2ccc(N3CCN(C)CC3)c(N3CCN(C)CC3)c2)nc2ccccc12. The lowest BCUT2D eigenvalue weighted by Gasteiger charge is -2.40. The second kappa shape index (κ2) is 19.0. The highest BCUT2D eigenvalue weighted by Gasteiger charge is 2.23. The average molecular weight is 892 g/mol. The molecular formula is C29H46Br5N7. The molecule has 5 rings (SSSR count). The summed E-state index contributed by atoms with van der Waals surface area (Å²) >= 11 is 0. The van der Waals surface area contributed by atoms with E-state index in [0.717, 1.165) is 82.3 Å². The van der Waals surface area contributed by atoms with Crippen molar-refractivity contribution in [1.82, 2.24) is 19.7 Å². The Morgan fingerprint density at radius 3 is 1.85 bits per heavy atom. The van der Waals surface area contributed by atoms with Crippen LogP contribution in [-0.4, -0.2) is 113 Å². The Balaban J connectivity index is 0.00000320. The van der Waals surface area contributed by atoms with Crippen LogP contribution in [0.4, 0.5) is 17.1 Å². The topological polar surface area (TPSA) is 41.1 Å². The van der Waals surface area contributed by atoms with E-state index in [4.69, 9.17) is 4.98 Å². The lowest BCUT2D eigenvalue weighted by atomic mass is 10.0. The summed E-state index contributed by atoms with van der Waals surface area (Å²) < 4.78 is 0. The van der Waals surface area contributed by atoms with Gasteiger partial charge in [-0.2, -0.15) is 0 Å². The molecule has 0 amide bonds. The largest absolute Gasteiger partial charge is 0.383 e. The third kappa shape index (κ3) is 10.3. The first kappa shape index (κ1) is 40.5. The van der Waals surface area contributed by atoms with Gasteiger partial charge >= 0.3 is 0 Å². The summed E-state index contributed by atoms with van der Waals surface area (Å²) in [6.45, 7) is 10.6. The quantitative estimate of drug-likeness (QED) is 0.301.